The maximum atomic E-state index is 4.74. The third kappa shape index (κ3) is 3.10. The van der Waals surface area contributed by atoms with Crippen molar-refractivity contribution in [2.24, 2.45) is 0 Å². The molecule has 2 aromatic rings. The Morgan fingerprint density at radius 1 is 1.10 bits per heavy atom. The van der Waals surface area contributed by atoms with E-state index in [-0.39, 0.29) is 0 Å². The second kappa shape index (κ2) is 7.25. The summed E-state index contributed by atoms with van der Waals surface area (Å²) in [7, 11) is 0. The van der Waals surface area contributed by atoms with Crippen molar-refractivity contribution < 1.29 is 0 Å². The summed E-state index contributed by atoms with van der Waals surface area (Å²) >= 11 is 0. The summed E-state index contributed by atoms with van der Waals surface area (Å²) in [5.74, 6) is 1.12. The number of hydrogen-bond acceptors (Lipinski definition) is 3. The minimum atomic E-state index is 0.879. The molecule has 0 unspecified atom stereocenters. The third-order valence-electron chi connectivity index (χ3n) is 3.60. The molecule has 108 valence electrons. The number of nitrogens with zero attached hydrogens (tertiary/aromatic N) is 2. The Bertz CT molecular complexity index is 551. The van der Waals surface area contributed by atoms with Gasteiger partial charge in [0.2, 0.25) is 0 Å². The summed E-state index contributed by atoms with van der Waals surface area (Å²) in [6.45, 7) is 10.4. The fraction of sp³-hybridized carbons (Fsp3) is 0.471. The van der Waals surface area contributed by atoms with Crippen molar-refractivity contribution in [3.63, 3.8) is 0 Å². The van der Waals surface area contributed by atoms with Crippen LogP contribution in [-0.4, -0.2) is 24.6 Å². The van der Waals surface area contributed by atoms with Gasteiger partial charge in [0.25, 0.3) is 0 Å². The lowest BCUT2D eigenvalue weighted by Gasteiger charge is -2.23. The molecule has 0 saturated heterocycles. The van der Waals surface area contributed by atoms with Crippen LogP contribution in [0.5, 0.6) is 0 Å². The maximum absolute atomic E-state index is 4.74. The number of fused-ring (bicyclic) bond motifs is 1. The van der Waals surface area contributed by atoms with Crippen molar-refractivity contribution in [1.29, 1.82) is 0 Å². The molecular formula is C17H25N3. The molecule has 0 aliphatic rings. The van der Waals surface area contributed by atoms with Gasteiger partial charge in [0.05, 0.1) is 0 Å². The van der Waals surface area contributed by atoms with Crippen LogP contribution in [0.4, 0.5) is 5.82 Å². The van der Waals surface area contributed by atoms with E-state index in [0.29, 0.717) is 0 Å². The van der Waals surface area contributed by atoms with Gasteiger partial charge in [-0.2, -0.15) is 0 Å². The standard InChI is InChI=1S/C17H25N3/c1-4-11-20(6-3)17-16-10-8-7-9-15(16)14(13-19-17)12-18-5-2/h7-10,13,18H,4-6,11-12H2,1-3H3. The van der Waals surface area contributed by atoms with E-state index in [0.717, 1.165) is 38.4 Å². The number of anilines is 1. The molecule has 1 N–H and O–H groups in total. The number of benzene rings is 1. The first-order chi connectivity index (χ1) is 9.81. The first-order valence-electron chi connectivity index (χ1n) is 7.64. The van der Waals surface area contributed by atoms with Crippen molar-refractivity contribution >= 4 is 16.6 Å². The van der Waals surface area contributed by atoms with Crippen LogP contribution in [0.15, 0.2) is 30.5 Å². The SMILES string of the molecule is CCCN(CC)c1ncc(CNCC)c2ccccc12. The van der Waals surface area contributed by atoms with Gasteiger partial charge >= 0.3 is 0 Å². The Labute approximate surface area is 122 Å². The Hall–Kier alpha value is -1.61. The quantitative estimate of drug-likeness (QED) is 0.834. The normalized spacial score (nSPS) is 10.9. The van der Waals surface area contributed by atoms with Gasteiger partial charge in [0, 0.05) is 31.2 Å². The molecule has 3 nitrogen and oxygen atoms in total. The molecule has 0 aliphatic heterocycles. The molecular weight excluding hydrogens is 246 g/mol. The zero-order valence-electron chi connectivity index (χ0n) is 12.8. The highest BCUT2D eigenvalue weighted by Gasteiger charge is 2.11. The summed E-state index contributed by atoms with van der Waals surface area (Å²) in [4.78, 5) is 7.10. The summed E-state index contributed by atoms with van der Waals surface area (Å²) < 4.78 is 0. The molecule has 1 heterocycles. The van der Waals surface area contributed by atoms with E-state index in [1.165, 1.54) is 16.3 Å². The molecule has 1 aromatic carbocycles. The number of hydrogen-bond donors (Lipinski definition) is 1. The molecule has 3 heteroatoms. The number of nitrogens with one attached hydrogen (secondary N) is 1. The van der Waals surface area contributed by atoms with Crippen molar-refractivity contribution in [2.75, 3.05) is 24.5 Å². The van der Waals surface area contributed by atoms with Gasteiger partial charge < -0.3 is 10.2 Å². The minimum Gasteiger partial charge on any atom is -0.356 e. The molecule has 0 radical (unpaired) electrons. The minimum absolute atomic E-state index is 0.879. The van der Waals surface area contributed by atoms with Crippen molar-refractivity contribution in [1.82, 2.24) is 10.3 Å². The van der Waals surface area contributed by atoms with E-state index in [9.17, 15) is 0 Å². The number of rotatable bonds is 7. The second-order valence-corrected chi connectivity index (χ2v) is 5.01. The topological polar surface area (TPSA) is 28.2 Å². The molecule has 0 saturated carbocycles. The van der Waals surface area contributed by atoms with Crippen LogP contribution >= 0.6 is 0 Å². The summed E-state index contributed by atoms with van der Waals surface area (Å²) in [6, 6.07) is 8.60. The monoisotopic (exact) mass is 271 g/mol. The average molecular weight is 271 g/mol. The Morgan fingerprint density at radius 2 is 1.85 bits per heavy atom. The van der Waals surface area contributed by atoms with Gasteiger partial charge in [-0.1, -0.05) is 38.1 Å². The highest BCUT2D eigenvalue weighted by molar-refractivity contribution is 5.94. The van der Waals surface area contributed by atoms with Crippen molar-refractivity contribution in [3.8, 4) is 0 Å². The Balaban J connectivity index is 2.47. The fourth-order valence-electron chi connectivity index (χ4n) is 2.57. The predicted molar refractivity (Wildman–Crippen MR) is 87.3 cm³/mol. The second-order valence-electron chi connectivity index (χ2n) is 5.01. The average Bonchev–Trinajstić information content (AvgIpc) is 2.50. The van der Waals surface area contributed by atoms with E-state index in [1.807, 2.05) is 6.20 Å². The summed E-state index contributed by atoms with van der Waals surface area (Å²) in [5.41, 5.74) is 1.28. The highest BCUT2D eigenvalue weighted by Crippen LogP contribution is 2.27. The zero-order chi connectivity index (χ0) is 14.4. The van der Waals surface area contributed by atoms with Gasteiger partial charge in [-0.3, -0.25) is 0 Å². The molecule has 20 heavy (non-hydrogen) atoms. The molecule has 0 aliphatic carbocycles. The molecule has 0 spiro atoms. The lowest BCUT2D eigenvalue weighted by Crippen LogP contribution is -2.25. The van der Waals surface area contributed by atoms with Crippen LogP contribution in [0.1, 0.15) is 32.8 Å². The molecule has 1 aromatic heterocycles. The zero-order valence-corrected chi connectivity index (χ0v) is 12.8. The largest absolute Gasteiger partial charge is 0.356 e. The summed E-state index contributed by atoms with van der Waals surface area (Å²) in [6.07, 6.45) is 3.17. The molecule has 0 atom stereocenters. The van der Waals surface area contributed by atoms with E-state index < -0.39 is 0 Å². The smallest absolute Gasteiger partial charge is 0.136 e. The van der Waals surface area contributed by atoms with Crippen LogP contribution in [-0.2, 0) is 6.54 Å². The van der Waals surface area contributed by atoms with Crippen LogP contribution in [0, 0.1) is 0 Å². The Kier molecular flexibility index (Phi) is 5.36. The van der Waals surface area contributed by atoms with E-state index >= 15 is 0 Å². The number of aromatic nitrogens is 1. The van der Waals surface area contributed by atoms with E-state index in [2.05, 4.69) is 55.3 Å². The van der Waals surface area contributed by atoms with Gasteiger partial charge in [0.1, 0.15) is 5.82 Å². The van der Waals surface area contributed by atoms with Crippen LogP contribution in [0.3, 0.4) is 0 Å². The van der Waals surface area contributed by atoms with Gasteiger partial charge in [-0.25, -0.2) is 4.98 Å². The van der Waals surface area contributed by atoms with Crippen LogP contribution in [0.2, 0.25) is 0 Å². The third-order valence-corrected chi connectivity index (χ3v) is 3.60. The lowest BCUT2D eigenvalue weighted by atomic mass is 10.1. The predicted octanol–water partition coefficient (Wildman–Crippen LogP) is 3.58. The van der Waals surface area contributed by atoms with Gasteiger partial charge in [0.15, 0.2) is 0 Å². The first kappa shape index (κ1) is 14.8. The molecule has 2 rings (SSSR count). The molecule has 0 amide bonds. The fourth-order valence-corrected chi connectivity index (χ4v) is 2.57. The van der Waals surface area contributed by atoms with E-state index in [4.69, 9.17) is 4.98 Å². The van der Waals surface area contributed by atoms with E-state index in [1.54, 1.807) is 0 Å². The Morgan fingerprint density at radius 3 is 2.50 bits per heavy atom. The summed E-state index contributed by atoms with van der Waals surface area (Å²) in [5, 5.41) is 5.97. The van der Waals surface area contributed by atoms with Gasteiger partial charge in [-0.15, -0.1) is 0 Å². The number of pyridine rings is 1. The van der Waals surface area contributed by atoms with Gasteiger partial charge in [-0.05, 0) is 30.8 Å². The van der Waals surface area contributed by atoms with Crippen LogP contribution < -0.4 is 10.2 Å². The van der Waals surface area contributed by atoms with Crippen molar-refractivity contribution in [3.05, 3.63) is 36.0 Å². The molecule has 0 fully saturated rings. The van der Waals surface area contributed by atoms with Crippen LogP contribution in [0.25, 0.3) is 10.8 Å². The highest BCUT2D eigenvalue weighted by atomic mass is 15.2. The first-order valence-corrected chi connectivity index (χ1v) is 7.64. The van der Waals surface area contributed by atoms with Crippen molar-refractivity contribution in [2.45, 2.75) is 33.7 Å². The maximum Gasteiger partial charge on any atom is 0.136 e. The molecule has 0 bridgehead atoms. The lowest BCUT2D eigenvalue weighted by molar-refractivity contribution is 0.727.